The Bertz CT molecular complexity index is 849. The lowest BCUT2D eigenvalue weighted by Crippen LogP contribution is -2.25. The monoisotopic (exact) mass is 285 g/mol. The Labute approximate surface area is 119 Å². The number of hydrogen-bond donors (Lipinski definition) is 0. The number of nitrogens with zero attached hydrogens (tertiary/aromatic N) is 3. The first-order chi connectivity index (χ1) is 10.1. The lowest BCUT2D eigenvalue weighted by molar-refractivity contribution is -0.119. The Morgan fingerprint density at radius 2 is 1.90 bits per heavy atom. The van der Waals surface area contributed by atoms with Crippen LogP contribution in [0, 0.1) is 5.82 Å². The zero-order valence-electron chi connectivity index (χ0n) is 11.1. The Kier molecular flexibility index (Phi) is 3.35. The van der Waals surface area contributed by atoms with E-state index in [-0.39, 0.29) is 30.1 Å². The van der Waals surface area contributed by atoms with Crippen LogP contribution in [0.1, 0.15) is 5.56 Å². The van der Waals surface area contributed by atoms with Gasteiger partial charge in [-0.2, -0.15) is 5.10 Å². The molecule has 21 heavy (non-hydrogen) atoms. The molecule has 0 radical (unpaired) electrons. The topological polar surface area (TPSA) is 56.4 Å². The Morgan fingerprint density at radius 3 is 2.67 bits per heavy atom. The van der Waals surface area contributed by atoms with E-state index in [4.69, 9.17) is 0 Å². The third-order valence-electron chi connectivity index (χ3n) is 3.20. The molecule has 0 aliphatic rings. The highest BCUT2D eigenvalue weighted by Crippen LogP contribution is 2.04. The highest BCUT2D eigenvalue weighted by atomic mass is 19.1. The van der Waals surface area contributed by atoms with Gasteiger partial charge in [-0.3, -0.25) is 9.59 Å². The Hall–Kier alpha value is -2.76. The first kappa shape index (κ1) is 13.2. The van der Waals surface area contributed by atoms with Crippen LogP contribution in [0.4, 0.5) is 4.39 Å². The van der Waals surface area contributed by atoms with Crippen LogP contribution in [0.5, 0.6) is 0 Å². The fraction of sp³-hybridized carbons (Fsp3) is 0.133. The van der Waals surface area contributed by atoms with Gasteiger partial charge >= 0.3 is 0 Å². The molecular formula is C15H12FN3O2. The summed E-state index contributed by atoms with van der Waals surface area (Å²) in [6, 6.07) is 7.36. The fourth-order valence-electron chi connectivity index (χ4n) is 2.16. The van der Waals surface area contributed by atoms with Crippen molar-refractivity contribution in [3.05, 3.63) is 70.7 Å². The van der Waals surface area contributed by atoms with Crippen molar-refractivity contribution in [1.29, 1.82) is 0 Å². The maximum Gasteiger partial charge on any atom is 0.276 e. The normalized spacial score (nSPS) is 10.9. The van der Waals surface area contributed by atoms with Crippen molar-refractivity contribution in [2.45, 2.75) is 13.0 Å². The zero-order valence-corrected chi connectivity index (χ0v) is 11.1. The molecule has 0 amide bonds. The van der Waals surface area contributed by atoms with Crippen molar-refractivity contribution in [1.82, 2.24) is 14.2 Å². The smallest absolute Gasteiger partial charge is 0.276 e. The molecule has 0 bridgehead atoms. The van der Waals surface area contributed by atoms with Crippen LogP contribution in [0.3, 0.4) is 0 Å². The van der Waals surface area contributed by atoms with Crippen LogP contribution in [0.15, 0.2) is 53.7 Å². The summed E-state index contributed by atoms with van der Waals surface area (Å²) in [4.78, 5) is 24.1. The quantitative estimate of drug-likeness (QED) is 0.729. The van der Waals surface area contributed by atoms with Gasteiger partial charge in [0.2, 0.25) is 0 Å². The molecule has 2 heterocycles. The third-order valence-corrected chi connectivity index (χ3v) is 3.20. The van der Waals surface area contributed by atoms with Gasteiger partial charge in [0.1, 0.15) is 11.3 Å². The van der Waals surface area contributed by atoms with Gasteiger partial charge in [0.05, 0.1) is 12.7 Å². The number of halogens is 1. The lowest BCUT2D eigenvalue weighted by Gasteiger charge is -2.05. The van der Waals surface area contributed by atoms with Crippen LogP contribution in [-0.2, 0) is 17.8 Å². The zero-order chi connectivity index (χ0) is 14.8. The number of ketones is 1. The van der Waals surface area contributed by atoms with Gasteiger partial charge < -0.3 is 4.57 Å². The van der Waals surface area contributed by atoms with E-state index < -0.39 is 0 Å². The van der Waals surface area contributed by atoms with Gasteiger partial charge in [0.15, 0.2) is 5.78 Å². The van der Waals surface area contributed by atoms with Gasteiger partial charge in [-0.1, -0.05) is 12.1 Å². The first-order valence-electron chi connectivity index (χ1n) is 6.42. The molecule has 1 aromatic carbocycles. The van der Waals surface area contributed by atoms with Crippen molar-refractivity contribution in [2.75, 3.05) is 0 Å². The Balaban J connectivity index is 1.78. The SMILES string of the molecule is O=C(Cc1ccc(F)cc1)Cn1ccn2nccc2c1=O. The van der Waals surface area contributed by atoms with Crippen LogP contribution in [-0.4, -0.2) is 20.0 Å². The molecule has 106 valence electrons. The minimum Gasteiger partial charge on any atom is -0.305 e. The van der Waals surface area contributed by atoms with E-state index in [0.717, 1.165) is 5.56 Å². The fourth-order valence-corrected chi connectivity index (χ4v) is 2.16. The number of carbonyl (C=O) groups is 1. The summed E-state index contributed by atoms with van der Waals surface area (Å²) < 4.78 is 15.6. The standard InChI is InChI=1S/C15H12FN3O2/c16-12-3-1-11(2-4-12)9-13(20)10-18-7-8-19-14(15(18)21)5-6-17-19/h1-8H,9-10H2. The summed E-state index contributed by atoms with van der Waals surface area (Å²) in [6.07, 6.45) is 4.85. The summed E-state index contributed by atoms with van der Waals surface area (Å²) in [5.74, 6) is -0.457. The number of fused-ring (bicyclic) bond motifs is 1. The molecular weight excluding hydrogens is 273 g/mol. The molecule has 0 spiro atoms. The second kappa shape index (κ2) is 5.32. The van der Waals surface area contributed by atoms with Gasteiger partial charge in [-0.15, -0.1) is 0 Å². The van der Waals surface area contributed by atoms with Gasteiger partial charge in [-0.05, 0) is 23.8 Å². The molecule has 0 fully saturated rings. The summed E-state index contributed by atoms with van der Waals surface area (Å²) in [5.41, 5.74) is 0.884. The molecule has 3 aromatic rings. The van der Waals surface area contributed by atoms with Gasteiger partial charge in [-0.25, -0.2) is 8.91 Å². The summed E-state index contributed by atoms with van der Waals surface area (Å²) >= 11 is 0. The number of rotatable bonds is 4. The van der Waals surface area contributed by atoms with Crippen LogP contribution < -0.4 is 5.56 Å². The predicted molar refractivity (Wildman–Crippen MR) is 74.6 cm³/mol. The van der Waals surface area contributed by atoms with Crippen molar-refractivity contribution in [2.24, 2.45) is 0 Å². The molecule has 2 aromatic heterocycles. The molecule has 0 saturated carbocycles. The lowest BCUT2D eigenvalue weighted by atomic mass is 10.1. The second-order valence-electron chi connectivity index (χ2n) is 4.73. The first-order valence-corrected chi connectivity index (χ1v) is 6.42. The number of aromatic nitrogens is 3. The molecule has 6 heteroatoms. The minimum absolute atomic E-state index is 0.0160. The molecule has 5 nitrogen and oxygen atoms in total. The summed E-state index contributed by atoms with van der Waals surface area (Å²) in [5, 5.41) is 3.96. The predicted octanol–water partition coefficient (Wildman–Crippen LogP) is 1.45. The molecule has 0 aliphatic carbocycles. The number of benzene rings is 1. The van der Waals surface area contributed by atoms with Gasteiger partial charge in [0, 0.05) is 18.8 Å². The van der Waals surface area contributed by atoms with Crippen LogP contribution >= 0.6 is 0 Å². The number of Topliss-reactive ketones (excluding diaryl/α,β-unsaturated/α-hetero) is 1. The third kappa shape index (κ3) is 2.74. The molecule has 0 atom stereocenters. The van der Waals surface area contributed by atoms with Crippen molar-refractivity contribution >= 4 is 11.3 Å². The highest BCUT2D eigenvalue weighted by Gasteiger charge is 2.08. The summed E-state index contributed by atoms with van der Waals surface area (Å²) in [7, 11) is 0. The molecule has 0 aliphatic heterocycles. The van der Waals surface area contributed by atoms with Crippen molar-refractivity contribution in [3.8, 4) is 0 Å². The average Bonchev–Trinajstić information content (AvgIpc) is 2.94. The molecule has 3 rings (SSSR count). The molecule has 0 saturated heterocycles. The second-order valence-corrected chi connectivity index (χ2v) is 4.73. The summed E-state index contributed by atoms with van der Waals surface area (Å²) in [6.45, 7) is -0.0160. The number of carbonyl (C=O) groups excluding carboxylic acids is 1. The van der Waals surface area contributed by atoms with E-state index >= 15 is 0 Å². The van der Waals surface area contributed by atoms with E-state index in [1.54, 1.807) is 24.4 Å². The molecule has 0 N–H and O–H groups in total. The van der Waals surface area contributed by atoms with E-state index in [0.29, 0.717) is 5.52 Å². The minimum atomic E-state index is -0.339. The van der Waals surface area contributed by atoms with Crippen molar-refractivity contribution in [3.63, 3.8) is 0 Å². The van der Waals surface area contributed by atoms with Gasteiger partial charge in [0.25, 0.3) is 5.56 Å². The van der Waals surface area contributed by atoms with Crippen LogP contribution in [0.2, 0.25) is 0 Å². The average molecular weight is 285 g/mol. The van der Waals surface area contributed by atoms with E-state index in [1.165, 1.54) is 33.6 Å². The largest absolute Gasteiger partial charge is 0.305 e. The maximum atomic E-state index is 12.8. The van der Waals surface area contributed by atoms with E-state index in [9.17, 15) is 14.0 Å². The Morgan fingerprint density at radius 1 is 1.14 bits per heavy atom. The molecule has 0 unspecified atom stereocenters. The number of hydrogen-bond acceptors (Lipinski definition) is 3. The highest BCUT2D eigenvalue weighted by molar-refractivity contribution is 5.80. The van der Waals surface area contributed by atoms with E-state index in [1.807, 2.05) is 0 Å². The van der Waals surface area contributed by atoms with Crippen molar-refractivity contribution < 1.29 is 9.18 Å². The van der Waals surface area contributed by atoms with Crippen LogP contribution in [0.25, 0.3) is 5.52 Å². The van der Waals surface area contributed by atoms with E-state index in [2.05, 4.69) is 5.10 Å². The maximum absolute atomic E-state index is 12.8.